The summed E-state index contributed by atoms with van der Waals surface area (Å²) < 4.78 is 13.2. The molecule has 1 aromatic heterocycles. The molecular weight excluding hydrogens is 261 g/mol. The molecular formula is C14H14FN3O2. The minimum atomic E-state index is -0.468. The SMILES string of the molecule is O=c1[nH]c(N2CCCC2)nc(O)c1-c1cccc(F)c1. The van der Waals surface area contributed by atoms with Gasteiger partial charge in [-0.15, -0.1) is 0 Å². The molecule has 1 aliphatic heterocycles. The van der Waals surface area contributed by atoms with Crippen molar-refractivity contribution in [3.63, 3.8) is 0 Å². The van der Waals surface area contributed by atoms with Crippen LogP contribution in [0.25, 0.3) is 11.1 Å². The highest BCUT2D eigenvalue weighted by atomic mass is 19.1. The van der Waals surface area contributed by atoms with Crippen LogP contribution in [0.5, 0.6) is 5.88 Å². The quantitative estimate of drug-likeness (QED) is 0.878. The van der Waals surface area contributed by atoms with E-state index < -0.39 is 11.4 Å². The number of benzene rings is 1. The summed E-state index contributed by atoms with van der Waals surface area (Å²) in [7, 11) is 0. The van der Waals surface area contributed by atoms with Gasteiger partial charge in [0, 0.05) is 13.1 Å². The number of aromatic hydroxyl groups is 1. The Labute approximate surface area is 114 Å². The molecule has 20 heavy (non-hydrogen) atoms. The highest BCUT2D eigenvalue weighted by Crippen LogP contribution is 2.26. The summed E-state index contributed by atoms with van der Waals surface area (Å²) in [6, 6.07) is 5.52. The van der Waals surface area contributed by atoms with Crippen molar-refractivity contribution in [3.8, 4) is 17.0 Å². The van der Waals surface area contributed by atoms with Crippen molar-refractivity contribution in [2.45, 2.75) is 12.8 Å². The lowest BCUT2D eigenvalue weighted by molar-refractivity contribution is 0.453. The first kappa shape index (κ1) is 12.7. The fourth-order valence-electron chi connectivity index (χ4n) is 2.43. The number of anilines is 1. The molecule has 2 N–H and O–H groups in total. The molecule has 1 aromatic carbocycles. The van der Waals surface area contributed by atoms with Gasteiger partial charge in [0.2, 0.25) is 11.8 Å². The lowest BCUT2D eigenvalue weighted by Crippen LogP contribution is -2.24. The molecule has 0 atom stereocenters. The van der Waals surface area contributed by atoms with Gasteiger partial charge in [-0.25, -0.2) is 4.39 Å². The molecule has 2 aromatic rings. The summed E-state index contributed by atoms with van der Waals surface area (Å²) in [5.41, 5.74) is -0.165. The molecule has 0 bridgehead atoms. The second kappa shape index (κ2) is 4.96. The van der Waals surface area contributed by atoms with E-state index in [-0.39, 0.29) is 11.4 Å². The molecule has 2 heterocycles. The van der Waals surface area contributed by atoms with Crippen LogP contribution in [0, 0.1) is 5.82 Å². The van der Waals surface area contributed by atoms with Gasteiger partial charge in [-0.05, 0) is 30.5 Å². The molecule has 1 saturated heterocycles. The molecule has 0 aliphatic carbocycles. The number of H-pyrrole nitrogens is 1. The van der Waals surface area contributed by atoms with E-state index in [0.29, 0.717) is 11.5 Å². The zero-order chi connectivity index (χ0) is 14.1. The van der Waals surface area contributed by atoms with Crippen LogP contribution in [0.4, 0.5) is 10.3 Å². The first-order chi connectivity index (χ1) is 9.65. The van der Waals surface area contributed by atoms with E-state index in [1.807, 2.05) is 4.90 Å². The average molecular weight is 275 g/mol. The molecule has 1 fully saturated rings. The van der Waals surface area contributed by atoms with Crippen molar-refractivity contribution in [1.29, 1.82) is 0 Å². The second-order valence-corrected chi connectivity index (χ2v) is 4.79. The number of rotatable bonds is 2. The van der Waals surface area contributed by atoms with E-state index in [1.54, 1.807) is 6.07 Å². The Kier molecular flexibility index (Phi) is 3.14. The topological polar surface area (TPSA) is 69.2 Å². The average Bonchev–Trinajstić information content (AvgIpc) is 2.91. The van der Waals surface area contributed by atoms with Gasteiger partial charge in [-0.1, -0.05) is 12.1 Å². The molecule has 3 rings (SSSR count). The number of aromatic nitrogens is 2. The molecule has 5 nitrogen and oxygen atoms in total. The van der Waals surface area contributed by atoms with Crippen LogP contribution in [0.3, 0.4) is 0 Å². The number of hydrogen-bond donors (Lipinski definition) is 2. The summed E-state index contributed by atoms with van der Waals surface area (Å²) in [4.78, 5) is 20.7. The number of nitrogens with zero attached hydrogens (tertiary/aromatic N) is 2. The minimum Gasteiger partial charge on any atom is -0.493 e. The summed E-state index contributed by atoms with van der Waals surface area (Å²) in [6.45, 7) is 1.61. The minimum absolute atomic E-state index is 0.00699. The first-order valence-electron chi connectivity index (χ1n) is 6.49. The molecule has 0 unspecified atom stereocenters. The Morgan fingerprint density at radius 3 is 2.70 bits per heavy atom. The molecule has 0 amide bonds. The molecule has 0 spiro atoms. The van der Waals surface area contributed by atoms with E-state index in [9.17, 15) is 14.3 Å². The van der Waals surface area contributed by atoms with Crippen LogP contribution in [0.2, 0.25) is 0 Å². The van der Waals surface area contributed by atoms with Crippen molar-refractivity contribution in [2.24, 2.45) is 0 Å². The van der Waals surface area contributed by atoms with Gasteiger partial charge >= 0.3 is 0 Å². The predicted octanol–water partition coefficient (Wildman–Crippen LogP) is 1.88. The van der Waals surface area contributed by atoms with Crippen molar-refractivity contribution >= 4 is 5.95 Å². The third kappa shape index (κ3) is 2.24. The Hall–Kier alpha value is -2.37. The number of halogens is 1. The van der Waals surface area contributed by atoms with Gasteiger partial charge in [-0.2, -0.15) is 4.98 Å². The first-order valence-corrected chi connectivity index (χ1v) is 6.49. The van der Waals surface area contributed by atoms with E-state index in [2.05, 4.69) is 9.97 Å². The van der Waals surface area contributed by atoms with E-state index in [1.165, 1.54) is 18.2 Å². The maximum atomic E-state index is 13.2. The highest BCUT2D eigenvalue weighted by Gasteiger charge is 2.19. The molecule has 6 heteroatoms. The third-order valence-electron chi connectivity index (χ3n) is 3.41. The van der Waals surface area contributed by atoms with Gasteiger partial charge in [-0.3, -0.25) is 9.78 Å². The second-order valence-electron chi connectivity index (χ2n) is 4.79. The van der Waals surface area contributed by atoms with Crippen LogP contribution in [0.1, 0.15) is 12.8 Å². The zero-order valence-electron chi connectivity index (χ0n) is 10.8. The smallest absolute Gasteiger partial charge is 0.264 e. The molecule has 0 radical (unpaired) electrons. The Bertz CT molecular complexity index is 693. The van der Waals surface area contributed by atoms with Crippen LogP contribution in [-0.4, -0.2) is 28.2 Å². The van der Waals surface area contributed by atoms with Gasteiger partial charge in [0.1, 0.15) is 11.4 Å². The summed E-state index contributed by atoms with van der Waals surface area (Å²) in [5.74, 6) is -0.476. The fraction of sp³-hybridized carbons (Fsp3) is 0.286. The van der Waals surface area contributed by atoms with E-state index in [0.717, 1.165) is 25.9 Å². The van der Waals surface area contributed by atoms with Crippen LogP contribution in [0.15, 0.2) is 29.1 Å². The Morgan fingerprint density at radius 1 is 1.30 bits per heavy atom. The number of hydrogen-bond acceptors (Lipinski definition) is 4. The summed E-state index contributed by atoms with van der Waals surface area (Å²) >= 11 is 0. The fourth-order valence-corrected chi connectivity index (χ4v) is 2.43. The Morgan fingerprint density at radius 2 is 2.05 bits per heavy atom. The largest absolute Gasteiger partial charge is 0.493 e. The van der Waals surface area contributed by atoms with Crippen LogP contribution < -0.4 is 10.5 Å². The van der Waals surface area contributed by atoms with E-state index >= 15 is 0 Å². The maximum absolute atomic E-state index is 13.2. The predicted molar refractivity (Wildman–Crippen MR) is 73.4 cm³/mol. The molecule has 104 valence electrons. The maximum Gasteiger partial charge on any atom is 0.264 e. The summed E-state index contributed by atoms with van der Waals surface area (Å²) in [5, 5.41) is 10.00. The zero-order valence-corrected chi connectivity index (χ0v) is 10.8. The van der Waals surface area contributed by atoms with Gasteiger partial charge in [0.15, 0.2) is 0 Å². The number of nitrogens with one attached hydrogen (secondary N) is 1. The van der Waals surface area contributed by atoms with Crippen molar-refractivity contribution in [1.82, 2.24) is 9.97 Å². The van der Waals surface area contributed by atoms with Crippen LogP contribution >= 0.6 is 0 Å². The van der Waals surface area contributed by atoms with Crippen molar-refractivity contribution in [3.05, 3.63) is 40.4 Å². The standard InChI is InChI=1S/C14H14FN3O2/c15-10-5-3-4-9(8-10)11-12(19)16-14(17-13(11)20)18-6-1-2-7-18/h3-5,8H,1-2,6-7H2,(H2,16,17,19,20). The normalized spacial score (nSPS) is 14.8. The van der Waals surface area contributed by atoms with E-state index in [4.69, 9.17) is 0 Å². The van der Waals surface area contributed by atoms with Gasteiger partial charge in [0.05, 0.1) is 0 Å². The lowest BCUT2D eigenvalue weighted by Gasteiger charge is -2.16. The number of aromatic amines is 1. The van der Waals surface area contributed by atoms with Crippen molar-refractivity contribution < 1.29 is 9.50 Å². The molecule has 0 saturated carbocycles. The lowest BCUT2D eigenvalue weighted by atomic mass is 10.1. The summed E-state index contributed by atoms with van der Waals surface area (Å²) in [6.07, 6.45) is 2.08. The van der Waals surface area contributed by atoms with Crippen molar-refractivity contribution in [2.75, 3.05) is 18.0 Å². The third-order valence-corrected chi connectivity index (χ3v) is 3.41. The monoisotopic (exact) mass is 275 g/mol. The van der Waals surface area contributed by atoms with Gasteiger partial charge in [0.25, 0.3) is 5.56 Å². The van der Waals surface area contributed by atoms with Crippen LogP contribution in [-0.2, 0) is 0 Å². The Balaban J connectivity index is 2.07. The van der Waals surface area contributed by atoms with Gasteiger partial charge < -0.3 is 10.0 Å². The molecule has 1 aliphatic rings. The highest BCUT2D eigenvalue weighted by molar-refractivity contribution is 5.68.